The van der Waals surface area contributed by atoms with Crippen LogP contribution in [0.2, 0.25) is 0 Å². The normalized spacial score (nSPS) is 19.6. The van der Waals surface area contributed by atoms with E-state index in [1.807, 2.05) is 36.5 Å². The lowest BCUT2D eigenvalue weighted by Gasteiger charge is -2.07. The average Bonchev–Trinajstić information content (AvgIpc) is 3.18. The van der Waals surface area contributed by atoms with Crippen molar-refractivity contribution >= 4 is 21.8 Å². The first-order valence-electron chi connectivity index (χ1n) is 7.78. The van der Waals surface area contributed by atoms with Gasteiger partial charge in [-0.25, -0.2) is 13.1 Å². The number of hydrogen-bond acceptors (Lipinski definition) is 4. The molecular formula is C17H19N3O3S. The third kappa shape index (κ3) is 4.32. The van der Waals surface area contributed by atoms with Crippen molar-refractivity contribution in [1.82, 2.24) is 15.1 Å². The molecule has 1 aliphatic heterocycles. The quantitative estimate of drug-likeness (QED) is 0.832. The third-order valence-electron chi connectivity index (χ3n) is 3.94. The zero-order valence-electron chi connectivity index (χ0n) is 13.1. The summed E-state index contributed by atoms with van der Waals surface area (Å²) in [5.74, 6) is 0.183. The van der Waals surface area contributed by atoms with Crippen LogP contribution in [-0.4, -0.2) is 42.2 Å². The smallest absolute Gasteiger partial charge is 0.244 e. The number of nitrogens with one attached hydrogen (secondary N) is 1. The van der Waals surface area contributed by atoms with Crippen molar-refractivity contribution in [3.8, 4) is 5.69 Å². The number of hydrogen-bond donors (Lipinski definition) is 1. The second-order valence-electron chi connectivity index (χ2n) is 5.90. The number of benzene rings is 1. The molecule has 1 fully saturated rings. The maximum atomic E-state index is 11.8. The van der Waals surface area contributed by atoms with Gasteiger partial charge in [0, 0.05) is 24.4 Å². The van der Waals surface area contributed by atoms with E-state index < -0.39 is 9.84 Å². The number of amides is 1. The van der Waals surface area contributed by atoms with Crippen molar-refractivity contribution in [2.75, 3.05) is 18.1 Å². The maximum Gasteiger partial charge on any atom is 0.244 e. The Bertz CT molecular complexity index is 841. The molecule has 0 spiro atoms. The molecule has 1 aromatic carbocycles. The summed E-state index contributed by atoms with van der Waals surface area (Å²) in [5, 5.41) is 7.01. The molecule has 1 amide bonds. The standard InChI is InChI=1S/C17H19N3O3S/c21-17(18-10-15-8-9-24(22,23)13-15)7-6-14-11-19-20(12-14)16-4-2-1-3-5-16/h1-7,11-12,15H,8-10,13H2,(H,18,21)/b7-6+. The number of rotatable bonds is 5. The van der Waals surface area contributed by atoms with Crippen LogP contribution in [-0.2, 0) is 14.6 Å². The van der Waals surface area contributed by atoms with E-state index in [0.717, 1.165) is 11.3 Å². The summed E-state index contributed by atoms with van der Waals surface area (Å²) in [7, 11) is -2.90. The maximum absolute atomic E-state index is 11.8. The Morgan fingerprint density at radius 1 is 1.33 bits per heavy atom. The van der Waals surface area contributed by atoms with Gasteiger partial charge in [0.15, 0.2) is 9.84 Å². The highest BCUT2D eigenvalue weighted by Crippen LogP contribution is 2.17. The van der Waals surface area contributed by atoms with E-state index in [-0.39, 0.29) is 23.3 Å². The van der Waals surface area contributed by atoms with Crippen molar-refractivity contribution in [3.05, 3.63) is 54.4 Å². The summed E-state index contributed by atoms with van der Waals surface area (Å²) in [6.45, 7) is 0.395. The summed E-state index contributed by atoms with van der Waals surface area (Å²) in [5.41, 5.74) is 1.77. The predicted octanol–water partition coefficient (Wildman–Crippen LogP) is 1.44. The fourth-order valence-electron chi connectivity index (χ4n) is 2.65. The van der Waals surface area contributed by atoms with E-state index in [1.165, 1.54) is 6.08 Å². The molecule has 2 aromatic rings. The first kappa shape index (κ1) is 16.4. The highest BCUT2D eigenvalue weighted by atomic mass is 32.2. The number of carbonyl (C=O) groups excluding carboxylic acids is 1. The molecule has 0 saturated carbocycles. The van der Waals surface area contributed by atoms with Gasteiger partial charge in [-0.2, -0.15) is 5.10 Å². The van der Waals surface area contributed by atoms with Crippen LogP contribution in [0.1, 0.15) is 12.0 Å². The minimum absolute atomic E-state index is 0.0215. The Morgan fingerprint density at radius 2 is 2.12 bits per heavy atom. The lowest BCUT2D eigenvalue weighted by atomic mass is 10.1. The van der Waals surface area contributed by atoms with Gasteiger partial charge in [-0.15, -0.1) is 0 Å². The first-order valence-corrected chi connectivity index (χ1v) is 9.60. The molecule has 1 unspecified atom stereocenters. The summed E-state index contributed by atoms with van der Waals surface area (Å²) in [4.78, 5) is 11.8. The van der Waals surface area contributed by atoms with Crippen molar-refractivity contribution in [3.63, 3.8) is 0 Å². The molecule has 0 bridgehead atoms. The Kier molecular flexibility index (Phi) is 4.80. The van der Waals surface area contributed by atoms with Crippen LogP contribution in [0.15, 0.2) is 48.8 Å². The van der Waals surface area contributed by atoms with Crippen LogP contribution < -0.4 is 5.32 Å². The summed E-state index contributed by atoms with van der Waals surface area (Å²) in [6.07, 6.45) is 7.27. The molecule has 1 aromatic heterocycles. The highest BCUT2D eigenvalue weighted by Gasteiger charge is 2.27. The first-order chi connectivity index (χ1) is 11.5. The van der Waals surface area contributed by atoms with Crippen LogP contribution in [0, 0.1) is 5.92 Å². The number of carbonyl (C=O) groups is 1. The van der Waals surface area contributed by atoms with E-state index >= 15 is 0 Å². The van der Waals surface area contributed by atoms with Gasteiger partial charge in [0.2, 0.25) is 5.91 Å². The van der Waals surface area contributed by atoms with Crippen molar-refractivity contribution in [2.24, 2.45) is 5.92 Å². The van der Waals surface area contributed by atoms with Gasteiger partial charge in [0.05, 0.1) is 23.4 Å². The lowest BCUT2D eigenvalue weighted by Crippen LogP contribution is -2.28. The van der Waals surface area contributed by atoms with E-state index in [0.29, 0.717) is 13.0 Å². The summed E-state index contributed by atoms with van der Waals surface area (Å²) in [6, 6.07) is 9.70. The fraction of sp³-hybridized carbons (Fsp3) is 0.294. The second-order valence-corrected chi connectivity index (χ2v) is 8.13. The van der Waals surface area contributed by atoms with Crippen LogP contribution in [0.4, 0.5) is 0 Å². The summed E-state index contributed by atoms with van der Waals surface area (Å²) >= 11 is 0. The highest BCUT2D eigenvalue weighted by molar-refractivity contribution is 7.91. The topological polar surface area (TPSA) is 81.1 Å². The Labute approximate surface area is 141 Å². The number of para-hydroxylation sites is 1. The number of nitrogens with zero attached hydrogens (tertiary/aromatic N) is 2. The molecule has 24 heavy (non-hydrogen) atoms. The minimum Gasteiger partial charge on any atom is -0.352 e. The van der Waals surface area contributed by atoms with Crippen LogP contribution in [0.25, 0.3) is 11.8 Å². The predicted molar refractivity (Wildman–Crippen MR) is 92.4 cm³/mol. The molecule has 126 valence electrons. The van der Waals surface area contributed by atoms with Gasteiger partial charge < -0.3 is 5.32 Å². The minimum atomic E-state index is -2.90. The molecule has 3 rings (SSSR count). The molecule has 1 saturated heterocycles. The monoisotopic (exact) mass is 345 g/mol. The number of sulfone groups is 1. The SMILES string of the molecule is O=C(/C=C/c1cnn(-c2ccccc2)c1)NCC1CCS(=O)(=O)C1. The van der Waals surface area contributed by atoms with Gasteiger partial charge in [0.1, 0.15) is 0 Å². The van der Waals surface area contributed by atoms with Crippen LogP contribution in [0.3, 0.4) is 0 Å². The molecular weight excluding hydrogens is 326 g/mol. The molecule has 6 nitrogen and oxygen atoms in total. The van der Waals surface area contributed by atoms with Crippen LogP contribution in [0.5, 0.6) is 0 Å². The van der Waals surface area contributed by atoms with Gasteiger partial charge in [0.25, 0.3) is 0 Å². The molecule has 1 N–H and O–H groups in total. The fourth-order valence-corrected chi connectivity index (χ4v) is 4.52. The van der Waals surface area contributed by atoms with E-state index in [9.17, 15) is 13.2 Å². The Morgan fingerprint density at radius 3 is 2.83 bits per heavy atom. The lowest BCUT2D eigenvalue weighted by molar-refractivity contribution is -0.116. The zero-order chi connectivity index (χ0) is 17.0. The average molecular weight is 345 g/mol. The van der Waals surface area contributed by atoms with Gasteiger partial charge in [-0.05, 0) is 30.5 Å². The molecule has 0 radical (unpaired) electrons. The van der Waals surface area contributed by atoms with Gasteiger partial charge >= 0.3 is 0 Å². The van der Waals surface area contributed by atoms with Crippen molar-refractivity contribution in [2.45, 2.75) is 6.42 Å². The van der Waals surface area contributed by atoms with Gasteiger partial charge in [-0.1, -0.05) is 18.2 Å². The zero-order valence-corrected chi connectivity index (χ0v) is 13.9. The molecule has 1 aliphatic rings. The molecule has 7 heteroatoms. The molecule has 1 atom stereocenters. The largest absolute Gasteiger partial charge is 0.352 e. The Balaban J connectivity index is 1.52. The number of aromatic nitrogens is 2. The van der Waals surface area contributed by atoms with Gasteiger partial charge in [-0.3, -0.25) is 4.79 Å². The van der Waals surface area contributed by atoms with E-state index in [2.05, 4.69) is 10.4 Å². The third-order valence-corrected chi connectivity index (χ3v) is 5.78. The van der Waals surface area contributed by atoms with Crippen molar-refractivity contribution < 1.29 is 13.2 Å². The van der Waals surface area contributed by atoms with E-state index in [4.69, 9.17) is 0 Å². The molecule has 2 heterocycles. The van der Waals surface area contributed by atoms with E-state index in [1.54, 1.807) is 17.0 Å². The second kappa shape index (κ2) is 7.00. The molecule has 0 aliphatic carbocycles. The van der Waals surface area contributed by atoms with Crippen LogP contribution >= 0.6 is 0 Å². The van der Waals surface area contributed by atoms with Crippen molar-refractivity contribution in [1.29, 1.82) is 0 Å². The Hall–Kier alpha value is -2.41. The summed E-state index contributed by atoms with van der Waals surface area (Å²) < 4.78 is 24.5.